The van der Waals surface area contributed by atoms with Crippen molar-refractivity contribution in [1.29, 1.82) is 0 Å². The number of rotatable bonds is 15. The molecule has 0 saturated heterocycles. The molecule has 3 rings (SSSR count). The first-order chi connectivity index (χ1) is 21.2. The van der Waals surface area contributed by atoms with E-state index >= 15 is 0 Å². The first-order valence-electron chi connectivity index (χ1n) is 15.2. The quantitative estimate of drug-likeness (QED) is 0.211. The van der Waals surface area contributed by atoms with Crippen LogP contribution in [0, 0.1) is 5.41 Å². The lowest BCUT2D eigenvalue weighted by Crippen LogP contribution is -2.56. The molecule has 0 aliphatic heterocycles. The Morgan fingerprint density at radius 1 is 0.889 bits per heavy atom. The summed E-state index contributed by atoms with van der Waals surface area (Å²) in [4.78, 5) is 45.1. The maximum Gasteiger partial charge on any atom is 0.246 e. The van der Waals surface area contributed by atoms with E-state index in [0.717, 1.165) is 21.6 Å². The predicted octanol–water partition coefficient (Wildman–Crippen LogP) is 4.67. The summed E-state index contributed by atoms with van der Waals surface area (Å²) in [6.45, 7) is 7.64. The molecular formula is C36H48N4O4S. The molecule has 45 heavy (non-hydrogen) atoms. The highest BCUT2D eigenvalue weighted by atomic mass is 32.1. The van der Waals surface area contributed by atoms with Crippen molar-refractivity contribution in [2.24, 2.45) is 11.1 Å². The van der Waals surface area contributed by atoms with Gasteiger partial charge in [0.25, 0.3) is 0 Å². The van der Waals surface area contributed by atoms with Crippen LogP contribution in [0.4, 0.5) is 0 Å². The Bertz CT molecular complexity index is 1410. The van der Waals surface area contributed by atoms with Crippen LogP contribution in [0.15, 0.2) is 84.3 Å². The first-order valence-corrected chi connectivity index (χ1v) is 16.1. The standard InChI is InChI=1S/C36H48N4O4S/c1-35(2,25-41)24-38-33(43)30(23-29-14-11-21-45-29)40(6)34(44)31(39(5)32(42)15-10-20-36(3,4)37)22-26-16-18-28(19-17-26)27-12-8-7-9-13-27/h7-19,21,30-31,41H,20,22-25,37H2,1-6H3,(H,38,43)/t30-,31-/m1/s1. The summed E-state index contributed by atoms with van der Waals surface area (Å²) in [6, 6.07) is 20.2. The van der Waals surface area contributed by atoms with E-state index in [2.05, 4.69) is 5.32 Å². The Morgan fingerprint density at radius 3 is 2.11 bits per heavy atom. The van der Waals surface area contributed by atoms with Crippen molar-refractivity contribution in [3.8, 4) is 11.1 Å². The minimum atomic E-state index is -0.867. The zero-order chi connectivity index (χ0) is 33.2. The molecule has 0 spiro atoms. The van der Waals surface area contributed by atoms with Crippen LogP contribution in [0.3, 0.4) is 0 Å². The summed E-state index contributed by atoms with van der Waals surface area (Å²) in [5, 5.41) is 14.6. The van der Waals surface area contributed by atoms with Gasteiger partial charge < -0.3 is 26.0 Å². The molecular weight excluding hydrogens is 584 g/mol. The highest BCUT2D eigenvalue weighted by Gasteiger charge is 2.35. The average molecular weight is 633 g/mol. The number of likely N-dealkylation sites (N-methyl/N-ethyl adjacent to an activating group) is 2. The highest BCUT2D eigenvalue weighted by Crippen LogP contribution is 2.22. The molecule has 4 N–H and O–H groups in total. The van der Waals surface area contributed by atoms with Gasteiger partial charge in [0.2, 0.25) is 17.7 Å². The van der Waals surface area contributed by atoms with Gasteiger partial charge in [-0.15, -0.1) is 11.3 Å². The number of aliphatic hydroxyl groups excluding tert-OH is 1. The van der Waals surface area contributed by atoms with Gasteiger partial charge >= 0.3 is 0 Å². The maximum absolute atomic E-state index is 14.3. The van der Waals surface area contributed by atoms with Crippen molar-refractivity contribution in [2.45, 2.75) is 64.6 Å². The number of carbonyl (C=O) groups excluding carboxylic acids is 3. The monoisotopic (exact) mass is 632 g/mol. The molecule has 2 aromatic carbocycles. The highest BCUT2D eigenvalue weighted by molar-refractivity contribution is 7.09. The van der Waals surface area contributed by atoms with Gasteiger partial charge in [0.15, 0.2) is 0 Å². The van der Waals surface area contributed by atoms with Gasteiger partial charge in [-0.25, -0.2) is 0 Å². The number of nitrogens with two attached hydrogens (primary N) is 1. The molecule has 3 amide bonds. The van der Waals surface area contributed by atoms with Crippen LogP contribution < -0.4 is 11.1 Å². The molecule has 0 bridgehead atoms. The number of thiophene rings is 1. The topological polar surface area (TPSA) is 116 Å². The summed E-state index contributed by atoms with van der Waals surface area (Å²) in [6.07, 6.45) is 4.28. The van der Waals surface area contributed by atoms with Crippen LogP contribution in [0.25, 0.3) is 11.1 Å². The summed E-state index contributed by atoms with van der Waals surface area (Å²) < 4.78 is 0. The van der Waals surface area contributed by atoms with Crippen LogP contribution in [-0.4, -0.2) is 77.5 Å². The molecule has 3 aromatic rings. The van der Waals surface area contributed by atoms with E-state index in [4.69, 9.17) is 5.73 Å². The molecule has 242 valence electrons. The number of hydrogen-bond donors (Lipinski definition) is 3. The van der Waals surface area contributed by atoms with Crippen molar-refractivity contribution in [3.63, 3.8) is 0 Å². The molecule has 0 aliphatic rings. The Morgan fingerprint density at radius 2 is 1.53 bits per heavy atom. The molecule has 0 unspecified atom stereocenters. The number of amides is 3. The minimum absolute atomic E-state index is 0.0927. The van der Waals surface area contributed by atoms with Crippen molar-refractivity contribution in [2.75, 3.05) is 27.2 Å². The van der Waals surface area contributed by atoms with E-state index in [1.165, 1.54) is 27.2 Å². The molecule has 0 aliphatic carbocycles. The van der Waals surface area contributed by atoms with Gasteiger partial charge in [-0.2, -0.15) is 0 Å². The van der Waals surface area contributed by atoms with Gasteiger partial charge in [-0.1, -0.05) is 80.6 Å². The first kappa shape index (κ1) is 35.7. The number of carbonyl (C=O) groups is 3. The summed E-state index contributed by atoms with van der Waals surface area (Å²) in [5.41, 5.74) is 8.12. The lowest BCUT2D eigenvalue weighted by Gasteiger charge is -2.34. The molecule has 0 radical (unpaired) electrons. The number of benzene rings is 2. The molecule has 0 fully saturated rings. The molecule has 2 atom stereocenters. The zero-order valence-corrected chi connectivity index (χ0v) is 28.1. The third-order valence-electron chi connectivity index (χ3n) is 7.76. The maximum atomic E-state index is 14.3. The second-order valence-corrected chi connectivity index (χ2v) is 14.1. The van der Waals surface area contributed by atoms with Crippen molar-refractivity contribution < 1.29 is 19.5 Å². The Kier molecular flexibility index (Phi) is 12.7. The number of nitrogens with zero attached hydrogens (tertiary/aromatic N) is 2. The van der Waals surface area contributed by atoms with Crippen molar-refractivity contribution in [1.82, 2.24) is 15.1 Å². The van der Waals surface area contributed by atoms with Gasteiger partial charge in [-0.05, 0) is 54.5 Å². The summed E-state index contributed by atoms with van der Waals surface area (Å²) >= 11 is 1.52. The fourth-order valence-electron chi connectivity index (χ4n) is 4.73. The van der Waals surface area contributed by atoms with Gasteiger partial charge in [0, 0.05) is 55.9 Å². The molecule has 1 aromatic heterocycles. The second kappa shape index (κ2) is 16.0. The molecule has 1 heterocycles. The lowest BCUT2D eigenvalue weighted by atomic mass is 9.94. The van der Waals surface area contributed by atoms with Gasteiger partial charge in [-0.3, -0.25) is 14.4 Å². The Labute approximate surface area is 271 Å². The van der Waals surface area contributed by atoms with E-state index in [1.54, 1.807) is 20.2 Å². The van der Waals surface area contributed by atoms with E-state index in [0.29, 0.717) is 12.8 Å². The van der Waals surface area contributed by atoms with Crippen LogP contribution in [0.2, 0.25) is 0 Å². The van der Waals surface area contributed by atoms with Crippen LogP contribution in [0.1, 0.15) is 44.6 Å². The number of hydrogen-bond acceptors (Lipinski definition) is 6. The predicted molar refractivity (Wildman–Crippen MR) is 183 cm³/mol. The van der Waals surface area contributed by atoms with E-state index in [1.807, 2.05) is 99.8 Å². The fraction of sp³-hybridized carbons (Fsp3) is 0.417. The lowest BCUT2D eigenvalue weighted by molar-refractivity contribution is -0.146. The third-order valence-corrected chi connectivity index (χ3v) is 8.66. The summed E-state index contributed by atoms with van der Waals surface area (Å²) in [7, 11) is 3.24. The normalized spacial score (nSPS) is 13.3. The summed E-state index contributed by atoms with van der Waals surface area (Å²) in [5.74, 6) is -0.981. The van der Waals surface area contributed by atoms with Crippen LogP contribution in [-0.2, 0) is 27.2 Å². The van der Waals surface area contributed by atoms with E-state index < -0.39 is 23.0 Å². The van der Waals surface area contributed by atoms with E-state index in [9.17, 15) is 19.5 Å². The number of nitrogens with one attached hydrogen (secondary N) is 1. The van der Waals surface area contributed by atoms with Crippen LogP contribution >= 0.6 is 11.3 Å². The third kappa shape index (κ3) is 11.0. The van der Waals surface area contributed by atoms with Crippen LogP contribution in [0.5, 0.6) is 0 Å². The molecule has 8 nitrogen and oxygen atoms in total. The zero-order valence-electron chi connectivity index (χ0n) is 27.3. The Hall–Kier alpha value is -3.79. The SMILES string of the molecule is CN(C(=O)C=CCC(C)(C)N)[C@H](Cc1ccc(-c2ccccc2)cc1)C(=O)N(C)[C@H](Cc1cccs1)C(=O)NCC(C)(C)CO. The molecule has 0 saturated carbocycles. The van der Waals surface area contributed by atoms with Crippen molar-refractivity contribution >= 4 is 29.1 Å². The second-order valence-electron chi connectivity index (χ2n) is 13.1. The minimum Gasteiger partial charge on any atom is -0.396 e. The van der Waals surface area contributed by atoms with E-state index in [-0.39, 0.29) is 37.3 Å². The van der Waals surface area contributed by atoms with Gasteiger partial charge in [0.1, 0.15) is 12.1 Å². The smallest absolute Gasteiger partial charge is 0.246 e. The molecule has 9 heteroatoms. The Balaban J connectivity index is 1.92. The fourth-order valence-corrected chi connectivity index (χ4v) is 5.47. The van der Waals surface area contributed by atoms with Crippen molar-refractivity contribution in [3.05, 3.63) is 94.7 Å². The largest absolute Gasteiger partial charge is 0.396 e. The average Bonchev–Trinajstić information content (AvgIpc) is 3.54. The van der Waals surface area contributed by atoms with Gasteiger partial charge in [0.05, 0.1) is 0 Å². The number of aliphatic hydroxyl groups is 1.